The van der Waals surface area contributed by atoms with Crippen molar-refractivity contribution in [1.29, 1.82) is 0 Å². The van der Waals surface area contributed by atoms with Crippen LogP contribution in [0.25, 0.3) is 0 Å². The molecule has 2 aromatic rings. The highest BCUT2D eigenvalue weighted by Crippen LogP contribution is 2.22. The van der Waals surface area contributed by atoms with Crippen LogP contribution in [0, 0.1) is 0 Å². The van der Waals surface area contributed by atoms with E-state index in [4.69, 9.17) is 9.15 Å². The number of carbonyl (C=O) groups is 1. The van der Waals surface area contributed by atoms with Gasteiger partial charge in [-0.2, -0.15) is 0 Å². The summed E-state index contributed by atoms with van der Waals surface area (Å²) in [5.74, 6) is 1.84. The standard InChI is InChI=1S/C21H30N4O3.HI/c1-6-22-20(25-14-18-23-13-17(28-18)21(3,4)5)24-12-15-8-10-16(11-9-15)19(26)27-7-2;/h8-11,13H,6-7,12,14H2,1-5H3,(H2,22,24,25);1H. The molecule has 1 aromatic heterocycles. The molecule has 0 aliphatic heterocycles. The lowest BCUT2D eigenvalue weighted by molar-refractivity contribution is 0.0526. The Kier molecular flexibility index (Phi) is 10.1. The molecule has 29 heavy (non-hydrogen) atoms. The number of hydrogen-bond acceptors (Lipinski definition) is 5. The second-order valence-corrected chi connectivity index (χ2v) is 7.33. The zero-order valence-electron chi connectivity index (χ0n) is 17.7. The molecule has 0 amide bonds. The van der Waals surface area contributed by atoms with Crippen LogP contribution in [0.3, 0.4) is 0 Å². The number of benzene rings is 1. The molecular weight excluding hydrogens is 483 g/mol. The highest BCUT2D eigenvalue weighted by Gasteiger charge is 2.19. The van der Waals surface area contributed by atoms with Gasteiger partial charge in [-0.1, -0.05) is 32.9 Å². The number of aliphatic imine (C=N–C) groups is 1. The van der Waals surface area contributed by atoms with Gasteiger partial charge in [0.15, 0.2) is 5.96 Å². The van der Waals surface area contributed by atoms with Crippen molar-refractivity contribution in [1.82, 2.24) is 15.6 Å². The lowest BCUT2D eigenvalue weighted by Crippen LogP contribution is -2.36. The first kappa shape index (κ1) is 24.9. The number of nitrogens with one attached hydrogen (secondary N) is 2. The molecule has 0 bridgehead atoms. The summed E-state index contributed by atoms with van der Waals surface area (Å²) in [7, 11) is 0. The van der Waals surface area contributed by atoms with Crippen molar-refractivity contribution in [2.75, 3.05) is 13.2 Å². The zero-order valence-corrected chi connectivity index (χ0v) is 20.1. The highest BCUT2D eigenvalue weighted by atomic mass is 127. The first-order valence-corrected chi connectivity index (χ1v) is 9.57. The quantitative estimate of drug-likeness (QED) is 0.251. The SMILES string of the molecule is CCNC(=NCc1ccc(C(=O)OCC)cc1)NCc1ncc(C(C)(C)C)o1.I. The molecule has 0 saturated carbocycles. The lowest BCUT2D eigenvalue weighted by atomic mass is 9.94. The normalized spacial score (nSPS) is 11.6. The Bertz CT molecular complexity index is 795. The summed E-state index contributed by atoms with van der Waals surface area (Å²) in [6.45, 7) is 12.1. The summed E-state index contributed by atoms with van der Waals surface area (Å²) in [6.07, 6.45) is 1.77. The van der Waals surface area contributed by atoms with E-state index >= 15 is 0 Å². The summed E-state index contributed by atoms with van der Waals surface area (Å²) >= 11 is 0. The summed E-state index contributed by atoms with van der Waals surface area (Å²) in [5.41, 5.74) is 1.47. The minimum absolute atomic E-state index is 0. The van der Waals surface area contributed by atoms with E-state index in [-0.39, 0.29) is 35.4 Å². The Hall–Kier alpha value is -2.10. The lowest BCUT2D eigenvalue weighted by Gasteiger charge is -2.13. The Labute approximate surface area is 189 Å². The Morgan fingerprint density at radius 2 is 1.86 bits per heavy atom. The van der Waals surface area contributed by atoms with Gasteiger partial charge in [-0.05, 0) is 31.5 Å². The summed E-state index contributed by atoms with van der Waals surface area (Å²) in [6, 6.07) is 7.26. The van der Waals surface area contributed by atoms with Gasteiger partial charge >= 0.3 is 5.97 Å². The van der Waals surface area contributed by atoms with E-state index in [2.05, 4.69) is 41.4 Å². The molecular formula is C21H31IN4O3. The monoisotopic (exact) mass is 514 g/mol. The average Bonchev–Trinajstić information content (AvgIpc) is 3.14. The van der Waals surface area contributed by atoms with E-state index in [9.17, 15) is 4.79 Å². The Balaban J connectivity index is 0.00000420. The molecule has 1 aromatic carbocycles. The van der Waals surface area contributed by atoms with Crippen LogP contribution in [0.5, 0.6) is 0 Å². The minimum atomic E-state index is -0.312. The van der Waals surface area contributed by atoms with E-state index in [0.29, 0.717) is 37.1 Å². The fourth-order valence-corrected chi connectivity index (χ4v) is 2.37. The molecule has 160 valence electrons. The van der Waals surface area contributed by atoms with E-state index < -0.39 is 0 Å². The maximum atomic E-state index is 11.7. The molecule has 2 rings (SSSR count). The molecule has 0 fully saturated rings. The van der Waals surface area contributed by atoms with E-state index in [0.717, 1.165) is 17.9 Å². The summed E-state index contributed by atoms with van der Waals surface area (Å²) in [4.78, 5) is 20.6. The van der Waals surface area contributed by atoms with Crippen molar-refractivity contribution < 1.29 is 13.9 Å². The number of hydrogen-bond donors (Lipinski definition) is 2. The smallest absolute Gasteiger partial charge is 0.338 e. The largest absolute Gasteiger partial charge is 0.462 e. The number of aromatic nitrogens is 1. The van der Waals surface area contributed by atoms with Gasteiger partial charge in [-0.15, -0.1) is 24.0 Å². The van der Waals surface area contributed by atoms with Crippen LogP contribution >= 0.6 is 24.0 Å². The van der Waals surface area contributed by atoms with E-state index in [1.807, 2.05) is 19.1 Å². The molecule has 0 radical (unpaired) electrons. The van der Waals surface area contributed by atoms with Crippen LogP contribution < -0.4 is 10.6 Å². The van der Waals surface area contributed by atoms with Crippen molar-refractivity contribution in [3.05, 3.63) is 53.2 Å². The number of oxazole rings is 1. The molecule has 0 atom stereocenters. The second kappa shape index (κ2) is 11.8. The zero-order chi connectivity index (χ0) is 20.6. The van der Waals surface area contributed by atoms with Gasteiger partial charge in [0.1, 0.15) is 5.76 Å². The molecule has 1 heterocycles. The van der Waals surface area contributed by atoms with Crippen molar-refractivity contribution >= 4 is 35.9 Å². The first-order valence-electron chi connectivity index (χ1n) is 9.57. The molecule has 0 saturated heterocycles. The van der Waals surface area contributed by atoms with Crippen LogP contribution in [-0.4, -0.2) is 30.1 Å². The number of halogens is 1. The number of ether oxygens (including phenoxy) is 1. The van der Waals surface area contributed by atoms with E-state index in [1.54, 1.807) is 25.3 Å². The second-order valence-electron chi connectivity index (χ2n) is 7.33. The van der Waals surface area contributed by atoms with Crippen molar-refractivity contribution in [2.45, 2.75) is 53.1 Å². The van der Waals surface area contributed by atoms with Crippen LogP contribution in [-0.2, 0) is 23.2 Å². The Morgan fingerprint density at radius 1 is 1.17 bits per heavy atom. The third-order valence-electron chi connectivity index (χ3n) is 3.93. The van der Waals surface area contributed by atoms with Gasteiger partial charge in [-0.3, -0.25) is 0 Å². The fraction of sp³-hybridized carbons (Fsp3) is 0.476. The molecule has 8 heteroatoms. The fourth-order valence-electron chi connectivity index (χ4n) is 2.37. The van der Waals surface area contributed by atoms with Crippen LogP contribution in [0.15, 0.2) is 39.9 Å². The van der Waals surface area contributed by atoms with Crippen molar-refractivity contribution in [3.8, 4) is 0 Å². The number of rotatable bonds is 7. The maximum Gasteiger partial charge on any atom is 0.338 e. The third-order valence-corrected chi connectivity index (χ3v) is 3.93. The topological polar surface area (TPSA) is 88.8 Å². The first-order chi connectivity index (χ1) is 13.3. The number of guanidine groups is 1. The van der Waals surface area contributed by atoms with Crippen LogP contribution in [0.2, 0.25) is 0 Å². The third kappa shape index (κ3) is 8.04. The summed E-state index contributed by atoms with van der Waals surface area (Å²) < 4.78 is 10.8. The summed E-state index contributed by atoms with van der Waals surface area (Å²) in [5, 5.41) is 6.43. The predicted octanol–water partition coefficient (Wildman–Crippen LogP) is 4.02. The number of carbonyl (C=O) groups excluding carboxylic acids is 1. The van der Waals surface area contributed by atoms with Gasteiger partial charge in [0.05, 0.1) is 31.5 Å². The molecule has 0 unspecified atom stereocenters. The van der Waals surface area contributed by atoms with Gasteiger partial charge < -0.3 is 19.8 Å². The molecule has 0 aliphatic rings. The number of nitrogens with zero attached hydrogens (tertiary/aromatic N) is 2. The number of esters is 1. The van der Waals surface area contributed by atoms with Gasteiger partial charge in [0, 0.05) is 12.0 Å². The average molecular weight is 514 g/mol. The molecule has 0 spiro atoms. The molecule has 0 aliphatic carbocycles. The van der Waals surface area contributed by atoms with Crippen LogP contribution in [0.1, 0.15) is 62.2 Å². The molecule has 7 nitrogen and oxygen atoms in total. The van der Waals surface area contributed by atoms with Gasteiger partial charge in [0.2, 0.25) is 5.89 Å². The van der Waals surface area contributed by atoms with Gasteiger partial charge in [0.25, 0.3) is 0 Å². The van der Waals surface area contributed by atoms with Gasteiger partial charge in [-0.25, -0.2) is 14.8 Å². The van der Waals surface area contributed by atoms with Crippen molar-refractivity contribution in [2.24, 2.45) is 4.99 Å². The highest BCUT2D eigenvalue weighted by molar-refractivity contribution is 14.0. The minimum Gasteiger partial charge on any atom is -0.462 e. The maximum absolute atomic E-state index is 11.7. The van der Waals surface area contributed by atoms with Crippen molar-refractivity contribution in [3.63, 3.8) is 0 Å². The van der Waals surface area contributed by atoms with Crippen LogP contribution in [0.4, 0.5) is 0 Å². The predicted molar refractivity (Wildman–Crippen MR) is 125 cm³/mol. The molecule has 2 N–H and O–H groups in total. The van der Waals surface area contributed by atoms with E-state index in [1.165, 1.54) is 0 Å². The Morgan fingerprint density at radius 3 is 2.41 bits per heavy atom.